The molecule has 1 unspecified atom stereocenters. The van der Waals surface area contributed by atoms with E-state index >= 15 is 0 Å². The maximum absolute atomic E-state index is 6.86. The molecular weight excluding hydrogens is 548 g/mol. The number of para-hydroxylation sites is 1. The minimum absolute atomic E-state index is 0.625. The molecule has 0 fully saturated rings. The van der Waals surface area contributed by atoms with Crippen molar-refractivity contribution >= 4 is 21.9 Å². The zero-order valence-electron chi connectivity index (χ0n) is 24.7. The quantitative estimate of drug-likeness (QED) is 0.209. The highest BCUT2D eigenvalue weighted by Crippen LogP contribution is 2.59. The highest BCUT2D eigenvalue weighted by Gasteiger charge is 2.48. The molecule has 3 nitrogen and oxygen atoms in total. The van der Waals surface area contributed by atoms with Crippen LogP contribution in [0.25, 0.3) is 55.3 Å². The van der Waals surface area contributed by atoms with Crippen LogP contribution in [-0.4, -0.2) is 9.97 Å². The predicted octanol–water partition coefficient (Wildman–Crippen LogP) is 10.4. The van der Waals surface area contributed by atoms with E-state index in [0.717, 1.165) is 61.0 Å². The first-order chi connectivity index (χ1) is 22.2. The highest BCUT2D eigenvalue weighted by atomic mass is 16.3. The van der Waals surface area contributed by atoms with Gasteiger partial charge in [-0.25, -0.2) is 0 Å². The Balaban J connectivity index is 1.42. The van der Waals surface area contributed by atoms with Crippen molar-refractivity contribution in [3.8, 4) is 33.4 Å². The fourth-order valence-corrected chi connectivity index (χ4v) is 7.36. The summed E-state index contributed by atoms with van der Waals surface area (Å²) in [5.74, 6) is 0. The molecule has 45 heavy (non-hydrogen) atoms. The van der Waals surface area contributed by atoms with Gasteiger partial charge in [-0.05, 0) is 87.3 Å². The summed E-state index contributed by atoms with van der Waals surface area (Å²) in [4.78, 5) is 9.34. The molecule has 5 aromatic carbocycles. The van der Waals surface area contributed by atoms with Crippen molar-refractivity contribution in [2.75, 3.05) is 0 Å². The molecule has 0 N–H and O–H groups in total. The van der Waals surface area contributed by atoms with Gasteiger partial charge in [-0.15, -0.1) is 0 Å². The van der Waals surface area contributed by atoms with Gasteiger partial charge in [-0.1, -0.05) is 103 Å². The molecule has 212 valence electrons. The van der Waals surface area contributed by atoms with E-state index in [1.807, 2.05) is 36.8 Å². The third kappa shape index (κ3) is 3.71. The number of rotatable bonds is 4. The zero-order valence-corrected chi connectivity index (χ0v) is 24.7. The van der Waals surface area contributed by atoms with E-state index in [1.165, 1.54) is 22.3 Å². The molecule has 0 amide bonds. The van der Waals surface area contributed by atoms with Gasteiger partial charge < -0.3 is 4.42 Å². The van der Waals surface area contributed by atoms with E-state index in [9.17, 15) is 0 Å². The second kappa shape index (κ2) is 9.87. The maximum Gasteiger partial charge on any atom is 0.144 e. The van der Waals surface area contributed by atoms with Crippen LogP contribution in [0.3, 0.4) is 0 Å². The number of pyridine rings is 2. The first kappa shape index (κ1) is 25.7. The third-order valence-electron chi connectivity index (χ3n) is 9.37. The Morgan fingerprint density at radius 1 is 0.600 bits per heavy atom. The average molecular weight is 577 g/mol. The fraction of sp³-hybridized carbons (Fsp3) is 0.0476. The molecule has 1 aliphatic carbocycles. The maximum atomic E-state index is 6.86. The van der Waals surface area contributed by atoms with Gasteiger partial charge in [-0.3, -0.25) is 9.97 Å². The summed E-state index contributed by atoms with van der Waals surface area (Å²) in [5.41, 5.74) is 13.8. The van der Waals surface area contributed by atoms with Crippen LogP contribution in [0.1, 0.15) is 27.9 Å². The number of furan rings is 1. The van der Waals surface area contributed by atoms with E-state index in [4.69, 9.17) is 9.40 Å². The summed E-state index contributed by atoms with van der Waals surface area (Å²) in [6, 6.07) is 47.7. The second-order valence-corrected chi connectivity index (χ2v) is 11.8. The van der Waals surface area contributed by atoms with Gasteiger partial charge in [0.25, 0.3) is 0 Å². The van der Waals surface area contributed by atoms with E-state index in [1.54, 1.807) is 0 Å². The standard InChI is InChI=1S/C42H28N2O/c1-27-15-20-38(44-26-27)42(31-9-3-2-4-10-31)35-13-7-5-11-32(35)40-36(42)25-34(39-33-12-6-8-14-37(33)45-41(39)40)30-18-16-28(17-19-30)29-21-23-43-24-22-29/h2-26H,1H3. The topological polar surface area (TPSA) is 38.9 Å². The zero-order chi connectivity index (χ0) is 30.0. The van der Waals surface area contributed by atoms with Crippen LogP contribution in [0.2, 0.25) is 0 Å². The summed E-state index contributed by atoms with van der Waals surface area (Å²) in [6.45, 7) is 2.09. The number of hydrogen-bond donors (Lipinski definition) is 0. The van der Waals surface area contributed by atoms with E-state index in [2.05, 4.69) is 127 Å². The van der Waals surface area contributed by atoms with Gasteiger partial charge in [0.15, 0.2) is 0 Å². The number of aryl methyl sites for hydroxylation is 1. The molecule has 1 atom stereocenters. The molecule has 9 rings (SSSR count). The highest BCUT2D eigenvalue weighted by molar-refractivity contribution is 6.18. The molecule has 8 aromatic rings. The van der Waals surface area contributed by atoms with Gasteiger partial charge in [0.2, 0.25) is 0 Å². The summed E-state index contributed by atoms with van der Waals surface area (Å²) < 4.78 is 6.86. The van der Waals surface area contributed by atoms with Crippen LogP contribution in [0.5, 0.6) is 0 Å². The molecule has 3 heteroatoms. The molecule has 3 aromatic heterocycles. The lowest BCUT2D eigenvalue weighted by molar-refractivity contribution is 0.668. The number of benzene rings is 5. The van der Waals surface area contributed by atoms with E-state index < -0.39 is 5.41 Å². The Hall–Kier alpha value is -5.80. The van der Waals surface area contributed by atoms with Crippen LogP contribution in [0.15, 0.2) is 156 Å². The number of fused-ring (bicyclic) bond motifs is 7. The lowest BCUT2D eigenvalue weighted by Gasteiger charge is -2.33. The minimum Gasteiger partial charge on any atom is -0.455 e. The van der Waals surface area contributed by atoms with Crippen LogP contribution in [-0.2, 0) is 5.41 Å². The molecule has 0 saturated carbocycles. The van der Waals surface area contributed by atoms with Crippen LogP contribution >= 0.6 is 0 Å². The minimum atomic E-state index is -0.625. The largest absolute Gasteiger partial charge is 0.455 e. The van der Waals surface area contributed by atoms with Gasteiger partial charge in [0.1, 0.15) is 11.2 Å². The first-order valence-electron chi connectivity index (χ1n) is 15.3. The average Bonchev–Trinajstić information content (AvgIpc) is 3.64. The molecular formula is C42H28N2O. The molecule has 0 aliphatic heterocycles. The Morgan fingerprint density at radius 3 is 2.11 bits per heavy atom. The molecule has 0 radical (unpaired) electrons. The summed E-state index contributed by atoms with van der Waals surface area (Å²) in [5, 5.41) is 2.25. The van der Waals surface area contributed by atoms with Crippen LogP contribution in [0, 0.1) is 6.92 Å². The smallest absolute Gasteiger partial charge is 0.144 e. The third-order valence-corrected chi connectivity index (χ3v) is 9.37. The Labute approximate surface area is 261 Å². The monoisotopic (exact) mass is 576 g/mol. The van der Waals surface area contributed by atoms with Crippen LogP contribution in [0.4, 0.5) is 0 Å². The van der Waals surface area contributed by atoms with E-state index in [-0.39, 0.29) is 0 Å². The summed E-state index contributed by atoms with van der Waals surface area (Å²) >= 11 is 0. The number of hydrogen-bond acceptors (Lipinski definition) is 3. The second-order valence-electron chi connectivity index (χ2n) is 11.8. The van der Waals surface area contributed by atoms with Crippen molar-refractivity contribution in [3.63, 3.8) is 0 Å². The summed E-state index contributed by atoms with van der Waals surface area (Å²) in [7, 11) is 0. The predicted molar refractivity (Wildman–Crippen MR) is 182 cm³/mol. The number of nitrogens with zero attached hydrogens (tertiary/aromatic N) is 2. The lowest BCUT2D eigenvalue weighted by Crippen LogP contribution is -2.29. The van der Waals surface area contributed by atoms with Crippen molar-refractivity contribution in [1.82, 2.24) is 9.97 Å². The molecule has 0 bridgehead atoms. The van der Waals surface area contributed by atoms with Crippen molar-refractivity contribution in [3.05, 3.63) is 180 Å². The van der Waals surface area contributed by atoms with E-state index in [0.29, 0.717) is 0 Å². The normalized spacial score (nSPS) is 15.3. The van der Waals surface area contributed by atoms with Crippen molar-refractivity contribution < 1.29 is 4.42 Å². The van der Waals surface area contributed by atoms with Gasteiger partial charge in [-0.2, -0.15) is 0 Å². The molecule has 1 aliphatic rings. The number of aromatic nitrogens is 2. The Kier molecular flexibility index (Phi) is 5.63. The van der Waals surface area contributed by atoms with Gasteiger partial charge in [0, 0.05) is 34.9 Å². The fourth-order valence-electron chi connectivity index (χ4n) is 7.36. The SMILES string of the molecule is Cc1ccc(C2(c3ccccc3)c3ccccc3-c3c2cc(-c2ccc(-c4ccncc4)cc2)c2c3oc3ccccc32)nc1. The molecule has 0 saturated heterocycles. The molecule has 0 spiro atoms. The van der Waals surface area contributed by atoms with Crippen LogP contribution < -0.4 is 0 Å². The Morgan fingerprint density at radius 2 is 1.31 bits per heavy atom. The summed E-state index contributed by atoms with van der Waals surface area (Å²) in [6.07, 6.45) is 5.66. The molecule has 3 heterocycles. The Bertz CT molecular complexity index is 2360. The van der Waals surface area contributed by atoms with Crippen molar-refractivity contribution in [1.29, 1.82) is 0 Å². The van der Waals surface area contributed by atoms with Gasteiger partial charge >= 0.3 is 0 Å². The van der Waals surface area contributed by atoms with Crippen molar-refractivity contribution in [2.45, 2.75) is 12.3 Å². The lowest BCUT2D eigenvalue weighted by atomic mass is 9.69. The van der Waals surface area contributed by atoms with Crippen molar-refractivity contribution in [2.24, 2.45) is 0 Å². The first-order valence-corrected chi connectivity index (χ1v) is 15.3. The van der Waals surface area contributed by atoms with Gasteiger partial charge in [0.05, 0.1) is 11.1 Å².